The van der Waals surface area contributed by atoms with Gasteiger partial charge >= 0.3 is 0 Å². The zero-order valence-corrected chi connectivity index (χ0v) is 21.4. The SMILES string of the molecule is [2H]c1c([2H])c([2H])c(-c2c3c(c(-c4c([2H])c([2H])c5c(c4[2H])-c4c([2H])c([2H])c([2H])c6c([2H])c([2H])c([2H])c(c46)O5)c4c([2H])c([2H])c([2H])c([2H])c24)-c2c([2H])c([2H])c([2H])c4c([2H])c([2H])c([2H])c-3c24)c([2H])c1[2H]. The lowest BCUT2D eigenvalue weighted by Crippen LogP contribution is -1.98. The monoisotopic (exact) mass is 568 g/mol. The Labute approximate surface area is 283 Å². The van der Waals surface area contributed by atoms with Crippen LogP contribution in [0.4, 0.5) is 0 Å². The lowest BCUT2D eigenvalue weighted by molar-refractivity contribution is 0.487. The zero-order valence-electron chi connectivity index (χ0n) is 45.4. The van der Waals surface area contributed by atoms with Gasteiger partial charge in [0.25, 0.3) is 0 Å². The quantitative estimate of drug-likeness (QED) is 0.201. The van der Waals surface area contributed by atoms with Gasteiger partial charge in [0.15, 0.2) is 0 Å². The lowest BCUT2D eigenvalue weighted by atomic mass is 9.82. The van der Waals surface area contributed by atoms with Crippen LogP contribution in [-0.4, -0.2) is 0 Å². The maximum absolute atomic E-state index is 10.0. The van der Waals surface area contributed by atoms with Crippen molar-refractivity contribution in [2.45, 2.75) is 0 Å². The minimum atomic E-state index is -0.935. The summed E-state index contributed by atoms with van der Waals surface area (Å²) in [6.07, 6.45) is 0. The van der Waals surface area contributed by atoms with Crippen molar-refractivity contribution in [1.29, 1.82) is 0 Å². The summed E-state index contributed by atoms with van der Waals surface area (Å²) in [7, 11) is 0. The molecule has 1 heterocycles. The van der Waals surface area contributed by atoms with E-state index < -0.39 is 234 Å². The molecule has 1 nitrogen and oxygen atoms in total. The van der Waals surface area contributed by atoms with E-state index >= 15 is 0 Å². The third kappa shape index (κ3) is 3.06. The Morgan fingerprint density at radius 3 is 1.65 bits per heavy atom. The van der Waals surface area contributed by atoms with Crippen molar-refractivity contribution in [2.24, 2.45) is 0 Å². The molecule has 0 aromatic heterocycles. The highest BCUT2D eigenvalue weighted by Gasteiger charge is 2.31. The van der Waals surface area contributed by atoms with Gasteiger partial charge in [-0.1, -0.05) is 127 Å². The molecular weight excluding hydrogens is 520 g/mol. The van der Waals surface area contributed by atoms with E-state index in [0.717, 1.165) is 0 Å². The van der Waals surface area contributed by atoms with Crippen LogP contribution in [-0.2, 0) is 0 Å². The molecule has 1 aliphatic heterocycles. The van der Waals surface area contributed by atoms with Crippen molar-refractivity contribution < 1.29 is 37.6 Å². The first-order chi connectivity index (χ1) is 31.3. The van der Waals surface area contributed by atoms with Crippen molar-refractivity contribution in [3.05, 3.63) is 145 Å². The summed E-state index contributed by atoms with van der Waals surface area (Å²) in [5, 5.41) is -2.76. The fraction of sp³-hybridized carbons (Fsp3) is 0. The van der Waals surface area contributed by atoms with E-state index in [1.807, 2.05) is 0 Å². The first kappa shape index (κ1) is 9.97. The van der Waals surface area contributed by atoms with Crippen molar-refractivity contribution in [3.63, 3.8) is 0 Å². The summed E-state index contributed by atoms with van der Waals surface area (Å²) in [6, 6.07) is -20.0. The van der Waals surface area contributed by atoms with E-state index in [-0.39, 0.29) is 10.8 Å². The molecule has 0 bridgehead atoms. The van der Waals surface area contributed by atoms with Crippen LogP contribution < -0.4 is 4.74 Å². The highest BCUT2D eigenvalue weighted by molar-refractivity contribution is 6.27. The van der Waals surface area contributed by atoms with Crippen LogP contribution >= 0.6 is 0 Å². The zero-order chi connectivity index (χ0) is 49.0. The van der Waals surface area contributed by atoms with Gasteiger partial charge < -0.3 is 4.74 Å². The topological polar surface area (TPSA) is 9.23 Å². The van der Waals surface area contributed by atoms with E-state index in [2.05, 4.69) is 0 Å². The second-order valence-corrected chi connectivity index (χ2v) is 9.76. The van der Waals surface area contributed by atoms with Gasteiger partial charge in [0.2, 0.25) is 0 Å². The van der Waals surface area contributed by atoms with Crippen molar-refractivity contribution in [3.8, 4) is 67.1 Å². The van der Waals surface area contributed by atoms with Gasteiger partial charge in [-0.2, -0.15) is 0 Å². The summed E-state index contributed by atoms with van der Waals surface area (Å²) in [4.78, 5) is 0. The highest BCUT2D eigenvalue weighted by Crippen LogP contribution is 2.58. The van der Waals surface area contributed by atoms with Gasteiger partial charge in [0, 0.05) is 10.9 Å². The number of benzene rings is 8. The fourth-order valence-corrected chi connectivity index (χ4v) is 5.98. The Morgan fingerprint density at radius 1 is 0.372 bits per heavy atom. The van der Waals surface area contributed by atoms with Crippen LogP contribution in [0.2, 0.25) is 0 Å². The summed E-state index contributed by atoms with van der Waals surface area (Å²) >= 11 is 0. The van der Waals surface area contributed by atoms with Crippen LogP contribution in [0.3, 0.4) is 0 Å². The van der Waals surface area contributed by atoms with Gasteiger partial charge in [0.05, 0.1) is 32.9 Å². The Morgan fingerprint density at radius 2 is 0.953 bits per heavy atom. The van der Waals surface area contributed by atoms with E-state index in [1.165, 1.54) is 0 Å². The molecule has 0 saturated carbocycles. The van der Waals surface area contributed by atoms with Crippen molar-refractivity contribution in [1.82, 2.24) is 0 Å². The number of ether oxygens (including phenoxy) is 1. The molecule has 0 N–H and O–H groups in total. The second-order valence-electron chi connectivity index (χ2n) is 9.76. The molecule has 0 fully saturated rings. The standard InChI is InChI=1S/C42H24O/c1-2-10-27(11-3-1)39-29-16-4-5-17-30(29)40(42-33-20-8-13-25-12-7-19-32(37(25)33)41(39)42)28-22-23-35-34(24-28)31-18-6-14-26-15-9-21-36(43-35)38(26)31/h1-24H/i1D,2D,3D,4D,5D,6D,7D,8D,9D,10D,11D,12D,13D,14D,15D,16D,17D,18D,19D,20D,21D,22D,23D,24D. The van der Waals surface area contributed by atoms with Crippen molar-refractivity contribution >= 4 is 32.3 Å². The molecule has 1 heteroatoms. The third-order valence-electron chi connectivity index (χ3n) is 7.64. The number of hydrogen-bond donors (Lipinski definition) is 0. The summed E-state index contributed by atoms with van der Waals surface area (Å²) in [6.45, 7) is 0. The smallest absolute Gasteiger partial charge is 0.135 e. The van der Waals surface area contributed by atoms with E-state index in [4.69, 9.17) is 28.0 Å². The van der Waals surface area contributed by atoms with E-state index in [9.17, 15) is 9.60 Å². The van der Waals surface area contributed by atoms with Crippen LogP contribution in [0.15, 0.2) is 145 Å². The van der Waals surface area contributed by atoms with Crippen LogP contribution in [0, 0.1) is 0 Å². The first-order valence-corrected chi connectivity index (χ1v) is 12.9. The normalized spacial score (nSPS) is 20.2. The summed E-state index contributed by atoms with van der Waals surface area (Å²) < 4.78 is 223. The van der Waals surface area contributed by atoms with Crippen molar-refractivity contribution in [2.75, 3.05) is 0 Å². The van der Waals surface area contributed by atoms with Gasteiger partial charge in [-0.25, -0.2) is 0 Å². The minimum Gasteiger partial charge on any atom is -0.456 e. The fourth-order valence-electron chi connectivity index (χ4n) is 5.98. The molecule has 0 amide bonds. The lowest BCUT2D eigenvalue weighted by Gasteiger charge is -2.24. The molecule has 0 spiro atoms. The molecule has 8 aromatic carbocycles. The Bertz CT molecular complexity index is 3780. The number of rotatable bonds is 2. The Balaban J connectivity index is 1.57. The molecular formula is C42H24O. The Hall–Kier alpha value is -5.66. The average molecular weight is 569 g/mol. The molecule has 0 unspecified atom stereocenters. The van der Waals surface area contributed by atoms with Crippen LogP contribution in [0.1, 0.15) is 32.9 Å². The molecule has 0 atom stereocenters. The maximum Gasteiger partial charge on any atom is 0.135 e. The van der Waals surface area contributed by atoms with Gasteiger partial charge in [-0.05, 0) is 95.1 Å². The largest absolute Gasteiger partial charge is 0.456 e. The molecule has 10 rings (SSSR count). The van der Waals surface area contributed by atoms with Gasteiger partial charge in [-0.15, -0.1) is 0 Å². The molecule has 0 saturated heterocycles. The second kappa shape index (κ2) is 8.44. The van der Waals surface area contributed by atoms with E-state index in [0.29, 0.717) is 0 Å². The van der Waals surface area contributed by atoms with Gasteiger partial charge in [0.1, 0.15) is 11.5 Å². The molecule has 1 aliphatic carbocycles. The molecule has 8 aromatic rings. The summed E-state index contributed by atoms with van der Waals surface area (Å²) in [5.41, 5.74) is -5.26. The van der Waals surface area contributed by atoms with Crippen LogP contribution in [0.25, 0.3) is 88.0 Å². The maximum atomic E-state index is 10.0. The number of hydrogen-bond acceptors (Lipinski definition) is 1. The predicted octanol–water partition coefficient (Wildman–Crippen LogP) is 11.9. The minimum absolute atomic E-state index is 0.316. The summed E-state index contributed by atoms with van der Waals surface area (Å²) in [5.74, 6) is -1.16. The van der Waals surface area contributed by atoms with Gasteiger partial charge in [-0.3, -0.25) is 0 Å². The molecule has 2 aliphatic rings. The molecule has 198 valence electrons. The molecule has 0 radical (unpaired) electrons. The molecule has 43 heavy (non-hydrogen) atoms. The average Bonchev–Trinajstić information content (AvgIpc) is 3.65. The predicted molar refractivity (Wildman–Crippen MR) is 180 cm³/mol. The highest BCUT2D eigenvalue weighted by atomic mass is 16.5. The first-order valence-electron chi connectivity index (χ1n) is 24.9. The third-order valence-corrected chi connectivity index (χ3v) is 7.64. The van der Waals surface area contributed by atoms with E-state index in [1.54, 1.807) is 0 Å². The Kier molecular flexibility index (Phi) is 1.96. The number of fused-ring (bicyclic) bond motifs is 6. The van der Waals surface area contributed by atoms with Crippen LogP contribution in [0.5, 0.6) is 11.5 Å².